The highest BCUT2D eigenvalue weighted by Crippen LogP contribution is 2.15. The molecule has 0 saturated carbocycles. The van der Waals surface area contributed by atoms with E-state index in [2.05, 4.69) is 79.9 Å². The molecule has 6 heteroatoms. The van der Waals surface area contributed by atoms with Crippen molar-refractivity contribution in [3.63, 3.8) is 0 Å². The van der Waals surface area contributed by atoms with Gasteiger partial charge in [-0.15, -0.1) is 0 Å². The van der Waals surface area contributed by atoms with Crippen LogP contribution in [0.3, 0.4) is 0 Å². The molecule has 0 spiro atoms. The molecule has 0 saturated heterocycles. The summed E-state index contributed by atoms with van der Waals surface area (Å²) in [5.41, 5.74) is 0. The maximum absolute atomic E-state index is 12.5. The lowest BCUT2D eigenvalue weighted by Crippen LogP contribution is -2.53. The van der Waals surface area contributed by atoms with Crippen molar-refractivity contribution in [1.82, 2.24) is 5.32 Å². The molecule has 0 aromatic heterocycles. The first-order valence-electron chi connectivity index (χ1n) is 24.2. The fraction of sp³-hybridized carbons (Fsp3) is 0.784. The fourth-order valence-corrected chi connectivity index (χ4v) is 7.12. The second kappa shape index (κ2) is 45.1. The quantitative estimate of drug-likeness (QED) is 0.0312. The van der Waals surface area contributed by atoms with Crippen LogP contribution in [-0.4, -0.2) is 57.3 Å². The van der Waals surface area contributed by atoms with E-state index in [-0.39, 0.29) is 0 Å². The van der Waals surface area contributed by atoms with E-state index >= 15 is 0 Å². The number of allylic oxidation sites excluding steroid dienone is 10. The lowest BCUT2D eigenvalue weighted by molar-refractivity contribution is -0.132. The molecular weight excluding hydrogens is 707 g/mol. The van der Waals surface area contributed by atoms with Crippen molar-refractivity contribution in [2.45, 2.75) is 250 Å². The van der Waals surface area contributed by atoms with E-state index in [0.717, 1.165) is 64.2 Å². The van der Waals surface area contributed by atoms with Crippen molar-refractivity contribution in [3.05, 3.63) is 60.8 Å². The highest BCUT2D eigenvalue weighted by atomic mass is 16.3. The molecule has 0 heterocycles. The van der Waals surface area contributed by atoms with E-state index < -0.39 is 36.9 Å². The van der Waals surface area contributed by atoms with Crippen molar-refractivity contribution in [2.24, 2.45) is 0 Å². The number of hydrogen-bond acceptors (Lipinski definition) is 5. The maximum Gasteiger partial charge on any atom is 0.249 e. The second-order valence-corrected chi connectivity index (χ2v) is 16.4. The first kappa shape index (κ1) is 55.0. The summed E-state index contributed by atoms with van der Waals surface area (Å²) in [4.78, 5) is 12.5. The number of aliphatic hydroxyl groups excluding tert-OH is 4. The Kier molecular flexibility index (Phi) is 43.5. The Morgan fingerprint density at radius 2 is 0.842 bits per heavy atom. The van der Waals surface area contributed by atoms with Gasteiger partial charge in [-0.3, -0.25) is 4.79 Å². The van der Waals surface area contributed by atoms with Gasteiger partial charge in [0.15, 0.2) is 0 Å². The van der Waals surface area contributed by atoms with Crippen LogP contribution in [0.2, 0.25) is 0 Å². The summed E-state index contributed by atoms with van der Waals surface area (Å²) in [5, 5.41) is 43.8. The van der Waals surface area contributed by atoms with E-state index in [4.69, 9.17) is 0 Å². The predicted molar refractivity (Wildman–Crippen MR) is 246 cm³/mol. The zero-order chi connectivity index (χ0) is 41.7. The van der Waals surface area contributed by atoms with Crippen LogP contribution < -0.4 is 5.32 Å². The predicted octanol–water partition coefficient (Wildman–Crippen LogP) is 13.2. The third-order valence-electron chi connectivity index (χ3n) is 10.9. The lowest BCUT2D eigenvalue weighted by atomic mass is 10.00. The minimum atomic E-state index is -1.30. The number of hydrogen-bond donors (Lipinski definition) is 5. The zero-order valence-electron chi connectivity index (χ0n) is 37.3. The fourth-order valence-electron chi connectivity index (χ4n) is 7.12. The summed E-state index contributed by atoms with van der Waals surface area (Å²) >= 11 is 0. The van der Waals surface area contributed by atoms with Crippen LogP contribution in [-0.2, 0) is 4.79 Å². The van der Waals surface area contributed by atoms with Crippen LogP contribution in [0.5, 0.6) is 0 Å². The topological polar surface area (TPSA) is 110 Å². The van der Waals surface area contributed by atoms with Gasteiger partial charge in [0.25, 0.3) is 0 Å². The molecule has 1 amide bonds. The number of carbonyl (C=O) groups is 1. The molecule has 0 fully saturated rings. The molecule has 0 aliphatic rings. The molecule has 0 aromatic rings. The molecule has 4 unspecified atom stereocenters. The molecule has 57 heavy (non-hydrogen) atoms. The number of rotatable bonds is 43. The number of carbonyl (C=O) groups excluding carboxylic acids is 1. The Labute approximate surface area is 352 Å². The molecule has 0 aliphatic carbocycles. The molecular formula is C51H93NO5. The van der Waals surface area contributed by atoms with E-state index in [1.165, 1.54) is 128 Å². The monoisotopic (exact) mass is 800 g/mol. The standard InChI is InChI=1S/C51H93NO5/c1-3-5-7-9-11-13-15-17-19-21-23-25-27-28-30-32-34-36-38-40-42-44-48(54)50(56)47(46-53)52-51(57)49(55)45-43-41-39-37-35-33-31-29-26-24-22-20-18-16-14-12-10-8-6-4-2/h6,8,12,14,21,23,28,30,36,38,47-50,53-56H,3-5,7,9-11,13,15-20,22,24-27,29,31-35,37,39-46H2,1-2H3,(H,52,57)/b8-6-,14-12-,23-21+,30-28+,38-36+. The maximum atomic E-state index is 12.5. The molecule has 0 aromatic carbocycles. The van der Waals surface area contributed by atoms with Crippen LogP contribution in [0.15, 0.2) is 60.8 Å². The number of aliphatic hydroxyl groups is 4. The van der Waals surface area contributed by atoms with Crippen molar-refractivity contribution in [2.75, 3.05) is 6.61 Å². The second-order valence-electron chi connectivity index (χ2n) is 16.4. The average Bonchev–Trinajstić information content (AvgIpc) is 3.22. The molecule has 5 N–H and O–H groups in total. The SMILES string of the molecule is CC/C=C\C/C=C\CCCCCCCCCCCCCCCC(O)C(=O)NC(CO)C(O)C(O)CCC/C=C/CC/C=C/CC/C=C/CCCCCCCCCC. The van der Waals surface area contributed by atoms with Gasteiger partial charge in [-0.1, -0.05) is 197 Å². The van der Waals surface area contributed by atoms with Crippen molar-refractivity contribution in [3.8, 4) is 0 Å². The van der Waals surface area contributed by atoms with Crippen LogP contribution >= 0.6 is 0 Å². The Hall–Kier alpha value is -1.99. The number of unbranched alkanes of at least 4 members (excludes halogenated alkanes) is 24. The first-order chi connectivity index (χ1) is 28.0. The molecule has 0 aliphatic heterocycles. The Morgan fingerprint density at radius 3 is 1.30 bits per heavy atom. The Balaban J connectivity index is 3.79. The van der Waals surface area contributed by atoms with Crippen LogP contribution in [0.1, 0.15) is 226 Å². The summed E-state index contributed by atoms with van der Waals surface area (Å²) in [6.45, 7) is 3.93. The van der Waals surface area contributed by atoms with Gasteiger partial charge in [-0.25, -0.2) is 0 Å². The molecule has 0 rings (SSSR count). The minimum absolute atomic E-state index is 0.355. The van der Waals surface area contributed by atoms with Gasteiger partial charge in [0.2, 0.25) is 5.91 Å². The third-order valence-corrected chi connectivity index (χ3v) is 10.9. The summed E-state index contributed by atoms with van der Waals surface area (Å²) in [5.74, 6) is -0.602. The Bertz CT molecular complexity index is 988. The highest BCUT2D eigenvalue weighted by molar-refractivity contribution is 5.80. The number of amides is 1. The minimum Gasteiger partial charge on any atom is -0.394 e. The van der Waals surface area contributed by atoms with Crippen LogP contribution in [0, 0.1) is 0 Å². The van der Waals surface area contributed by atoms with Crippen molar-refractivity contribution in [1.29, 1.82) is 0 Å². The molecule has 0 radical (unpaired) electrons. The van der Waals surface area contributed by atoms with Gasteiger partial charge in [0.05, 0.1) is 18.8 Å². The summed E-state index contributed by atoms with van der Waals surface area (Å²) in [7, 11) is 0. The molecule has 332 valence electrons. The normalized spacial score (nSPS) is 14.6. The van der Waals surface area contributed by atoms with Crippen LogP contribution in [0.25, 0.3) is 0 Å². The van der Waals surface area contributed by atoms with Gasteiger partial charge in [0, 0.05) is 0 Å². The number of nitrogens with one attached hydrogen (secondary N) is 1. The largest absolute Gasteiger partial charge is 0.394 e. The first-order valence-corrected chi connectivity index (χ1v) is 24.2. The van der Waals surface area contributed by atoms with Gasteiger partial charge in [-0.2, -0.15) is 0 Å². The highest BCUT2D eigenvalue weighted by Gasteiger charge is 2.28. The lowest BCUT2D eigenvalue weighted by Gasteiger charge is -2.27. The molecule has 4 atom stereocenters. The summed E-state index contributed by atoms with van der Waals surface area (Å²) < 4.78 is 0. The average molecular weight is 800 g/mol. The van der Waals surface area contributed by atoms with Gasteiger partial charge < -0.3 is 25.7 Å². The van der Waals surface area contributed by atoms with Gasteiger partial charge >= 0.3 is 0 Å². The third kappa shape index (κ3) is 39.3. The molecule has 6 nitrogen and oxygen atoms in total. The van der Waals surface area contributed by atoms with E-state index in [1.807, 2.05) is 0 Å². The van der Waals surface area contributed by atoms with Crippen LogP contribution in [0.4, 0.5) is 0 Å². The van der Waals surface area contributed by atoms with E-state index in [0.29, 0.717) is 19.3 Å². The smallest absolute Gasteiger partial charge is 0.249 e. The Morgan fingerprint density at radius 1 is 0.456 bits per heavy atom. The summed E-state index contributed by atoms with van der Waals surface area (Å²) in [6, 6.07) is -1.01. The van der Waals surface area contributed by atoms with Gasteiger partial charge in [0.1, 0.15) is 12.2 Å². The van der Waals surface area contributed by atoms with E-state index in [1.54, 1.807) is 0 Å². The summed E-state index contributed by atoms with van der Waals surface area (Å²) in [6.07, 6.45) is 56.9. The van der Waals surface area contributed by atoms with Gasteiger partial charge in [-0.05, 0) is 89.9 Å². The molecule has 0 bridgehead atoms. The van der Waals surface area contributed by atoms with Crippen molar-refractivity contribution >= 4 is 5.91 Å². The zero-order valence-corrected chi connectivity index (χ0v) is 37.3. The van der Waals surface area contributed by atoms with E-state index in [9.17, 15) is 25.2 Å². The van der Waals surface area contributed by atoms with Crippen molar-refractivity contribution < 1.29 is 25.2 Å².